The van der Waals surface area contributed by atoms with Crippen LogP contribution in [0.4, 0.5) is 0 Å². The predicted molar refractivity (Wildman–Crippen MR) is 115 cm³/mol. The Labute approximate surface area is 172 Å². The van der Waals surface area contributed by atoms with E-state index in [9.17, 15) is 0 Å². The molecule has 1 aliphatic heterocycles. The van der Waals surface area contributed by atoms with E-state index in [1.54, 1.807) is 7.11 Å². The molecule has 1 aromatic heterocycles. The highest BCUT2D eigenvalue weighted by molar-refractivity contribution is 5.37. The molecule has 1 aliphatic rings. The van der Waals surface area contributed by atoms with E-state index in [4.69, 9.17) is 9.84 Å². The average Bonchev–Trinajstić information content (AvgIpc) is 3.34. The zero-order valence-corrected chi connectivity index (χ0v) is 17.3. The Kier molecular flexibility index (Phi) is 5.94. The first-order valence-electron chi connectivity index (χ1n) is 10.1. The number of rotatable bonds is 7. The van der Waals surface area contributed by atoms with E-state index < -0.39 is 0 Å². The summed E-state index contributed by atoms with van der Waals surface area (Å²) in [6.07, 6.45) is 0. The van der Waals surface area contributed by atoms with E-state index in [2.05, 4.69) is 54.3 Å². The molecular weight excluding hydrogens is 362 g/mol. The molecule has 3 N–H and O–H groups in total. The lowest BCUT2D eigenvalue weighted by molar-refractivity contribution is 0.413. The third kappa shape index (κ3) is 4.19. The van der Waals surface area contributed by atoms with Gasteiger partial charge in [0.2, 0.25) is 0 Å². The van der Waals surface area contributed by atoms with Crippen LogP contribution < -0.4 is 20.9 Å². The van der Waals surface area contributed by atoms with Crippen LogP contribution in [-0.4, -0.2) is 30.0 Å². The molecule has 0 amide bonds. The maximum atomic E-state index is 5.27. The summed E-state index contributed by atoms with van der Waals surface area (Å²) in [5.41, 5.74) is 12.6. The van der Waals surface area contributed by atoms with Gasteiger partial charge >= 0.3 is 0 Å². The maximum Gasteiger partial charge on any atom is 0.118 e. The van der Waals surface area contributed by atoms with Crippen LogP contribution >= 0.6 is 0 Å². The molecule has 1 fully saturated rings. The van der Waals surface area contributed by atoms with Crippen molar-refractivity contribution in [2.45, 2.75) is 26.4 Å². The first-order valence-corrected chi connectivity index (χ1v) is 10.1. The molecule has 6 nitrogen and oxygen atoms in total. The van der Waals surface area contributed by atoms with Crippen LogP contribution in [0.5, 0.6) is 5.75 Å². The summed E-state index contributed by atoms with van der Waals surface area (Å²) in [7, 11) is 1.70. The van der Waals surface area contributed by atoms with Crippen molar-refractivity contribution in [3.63, 3.8) is 0 Å². The van der Waals surface area contributed by atoms with E-state index in [0.717, 1.165) is 36.8 Å². The monoisotopic (exact) mass is 391 g/mol. The molecule has 0 saturated carbocycles. The Morgan fingerprint density at radius 3 is 2.59 bits per heavy atom. The molecule has 3 aromatic rings. The van der Waals surface area contributed by atoms with Crippen LogP contribution in [0.25, 0.3) is 5.69 Å². The van der Waals surface area contributed by atoms with Gasteiger partial charge in [-0.25, -0.2) is 10.1 Å². The quantitative estimate of drug-likeness (QED) is 0.578. The largest absolute Gasteiger partial charge is 0.497 e. The topological polar surface area (TPSA) is 63.1 Å². The summed E-state index contributed by atoms with van der Waals surface area (Å²) in [6.45, 7) is 6.90. The highest BCUT2D eigenvalue weighted by Gasteiger charge is 2.28. The number of hydrazine groups is 1. The van der Waals surface area contributed by atoms with E-state index in [0.29, 0.717) is 5.92 Å². The summed E-state index contributed by atoms with van der Waals surface area (Å²) in [5, 5.41) is 8.40. The van der Waals surface area contributed by atoms with Crippen molar-refractivity contribution in [1.82, 2.24) is 25.9 Å². The van der Waals surface area contributed by atoms with Crippen LogP contribution in [0.1, 0.15) is 28.6 Å². The van der Waals surface area contributed by atoms with Gasteiger partial charge in [0.25, 0.3) is 0 Å². The average molecular weight is 392 g/mol. The van der Waals surface area contributed by atoms with Crippen LogP contribution in [0, 0.1) is 19.8 Å². The number of nitrogens with one attached hydrogen (secondary N) is 3. The highest BCUT2D eigenvalue weighted by Crippen LogP contribution is 2.26. The molecular formula is C23H29N5O. The molecule has 2 aromatic carbocycles. The molecule has 2 heterocycles. The number of hydrogen-bond donors (Lipinski definition) is 3. The summed E-state index contributed by atoms with van der Waals surface area (Å²) < 4.78 is 7.31. The molecule has 1 saturated heterocycles. The first kappa shape index (κ1) is 19.6. The van der Waals surface area contributed by atoms with Gasteiger partial charge in [0.1, 0.15) is 5.75 Å². The molecule has 152 valence electrons. The standard InChI is InChI=1S/C23H29N5O/c1-16-22(17(2)28(27-16)20-7-5-4-6-8-20)15-24-13-19-14-25-26-23(19)18-9-11-21(29-3)12-10-18/h4-12,19,23-26H,13-15H2,1-3H3. The SMILES string of the molecule is COc1ccc(C2NNCC2CNCc2c(C)nn(-c3ccccc3)c2C)cc1. The van der Waals surface area contributed by atoms with Gasteiger partial charge < -0.3 is 10.1 Å². The normalized spacial score (nSPS) is 18.9. The number of hydrogen-bond acceptors (Lipinski definition) is 5. The second-order valence-electron chi connectivity index (χ2n) is 7.56. The van der Waals surface area contributed by atoms with Gasteiger partial charge in [-0.3, -0.25) is 5.43 Å². The number of ether oxygens (including phenoxy) is 1. The number of methoxy groups -OCH3 is 1. The number of aryl methyl sites for hydroxylation is 1. The Bertz CT molecular complexity index is 936. The van der Waals surface area contributed by atoms with Gasteiger partial charge in [-0.1, -0.05) is 30.3 Å². The fraction of sp³-hybridized carbons (Fsp3) is 0.348. The lowest BCUT2D eigenvalue weighted by Gasteiger charge is -2.19. The van der Waals surface area contributed by atoms with Crippen LogP contribution in [0.3, 0.4) is 0 Å². The van der Waals surface area contributed by atoms with Crippen molar-refractivity contribution in [3.8, 4) is 11.4 Å². The fourth-order valence-corrected chi connectivity index (χ4v) is 4.03. The van der Waals surface area contributed by atoms with Gasteiger partial charge in [0, 0.05) is 36.8 Å². The maximum absolute atomic E-state index is 5.27. The van der Waals surface area contributed by atoms with Gasteiger partial charge in [0.15, 0.2) is 0 Å². The minimum atomic E-state index is 0.280. The van der Waals surface area contributed by atoms with Gasteiger partial charge in [-0.2, -0.15) is 5.10 Å². The number of benzene rings is 2. The van der Waals surface area contributed by atoms with Crippen molar-refractivity contribution in [2.75, 3.05) is 20.2 Å². The Hall–Kier alpha value is -2.67. The summed E-state index contributed by atoms with van der Waals surface area (Å²) in [6, 6.07) is 18.9. The lowest BCUT2D eigenvalue weighted by Crippen LogP contribution is -2.28. The fourth-order valence-electron chi connectivity index (χ4n) is 4.03. The summed E-state index contributed by atoms with van der Waals surface area (Å²) >= 11 is 0. The zero-order chi connectivity index (χ0) is 20.2. The molecule has 0 radical (unpaired) electrons. The summed E-state index contributed by atoms with van der Waals surface area (Å²) in [5.74, 6) is 1.35. The van der Waals surface area contributed by atoms with E-state index in [1.807, 2.05) is 35.0 Å². The van der Waals surface area contributed by atoms with Crippen molar-refractivity contribution in [1.29, 1.82) is 0 Å². The van der Waals surface area contributed by atoms with E-state index >= 15 is 0 Å². The van der Waals surface area contributed by atoms with Gasteiger partial charge in [-0.15, -0.1) is 0 Å². The molecule has 4 rings (SSSR count). The van der Waals surface area contributed by atoms with Crippen LogP contribution in [-0.2, 0) is 6.54 Å². The van der Waals surface area contributed by atoms with Gasteiger partial charge in [-0.05, 0) is 43.7 Å². The van der Waals surface area contributed by atoms with Crippen LogP contribution in [0.2, 0.25) is 0 Å². The second-order valence-corrected chi connectivity index (χ2v) is 7.56. The molecule has 0 aliphatic carbocycles. The minimum Gasteiger partial charge on any atom is -0.497 e. The Morgan fingerprint density at radius 2 is 1.86 bits per heavy atom. The Balaban J connectivity index is 1.40. The number of nitrogens with zero attached hydrogens (tertiary/aromatic N) is 2. The minimum absolute atomic E-state index is 0.280. The molecule has 0 spiro atoms. The van der Waals surface area contributed by atoms with E-state index in [-0.39, 0.29) is 6.04 Å². The molecule has 2 atom stereocenters. The zero-order valence-electron chi connectivity index (χ0n) is 17.3. The molecule has 6 heteroatoms. The molecule has 2 unspecified atom stereocenters. The van der Waals surface area contributed by atoms with Crippen LogP contribution in [0.15, 0.2) is 54.6 Å². The lowest BCUT2D eigenvalue weighted by atomic mass is 9.94. The molecule has 0 bridgehead atoms. The first-order chi connectivity index (χ1) is 14.2. The molecule has 29 heavy (non-hydrogen) atoms. The predicted octanol–water partition coefficient (Wildman–Crippen LogP) is 3.05. The van der Waals surface area contributed by atoms with Crippen molar-refractivity contribution in [2.24, 2.45) is 5.92 Å². The van der Waals surface area contributed by atoms with Gasteiger partial charge in [0.05, 0.1) is 24.5 Å². The van der Waals surface area contributed by atoms with Crippen molar-refractivity contribution < 1.29 is 4.74 Å². The third-order valence-corrected chi connectivity index (χ3v) is 5.72. The second kappa shape index (κ2) is 8.78. The third-order valence-electron chi connectivity index (χ3n) is 5.72. The van der Waals surface area contributed by atoms with Crippen molar-refractivity contribution in [3.05, 3.63) is 77.1 Å². The highest BCUT2D eigenvalue weighted by atomic mass is 16.5. The van der Waals surface area contributed by atoms with E-state index in [1.165, 1.54) is 16.8 Å². The number of aromatic nitrogens is 2. The van der Waals surface area contributed by atoms with Crippen molar-refractivity contribution >= 4 is 0 Å². The summed E-state index contributed by atoms with van der Waals surface area (Å²) in [4.78, 5) is 0. The number of para-hydroxylation sites is 1. The smallest absolute Gasteiger partial charge is 0.118 e. The Morgan fingerprint density at radius 1 is 1.10 bits per heavy atom.